The van der Waals surface area contributed by atoms with Gasteiger partial charge >= 0.3 is 0 Å². The second-order valence-electron chi connectivity index (χ2n) is 5.35. The number of pyridine rings is 1. The first-order valence-electron chi connectivity index (χ1n) is 7.02. The largest absolute Gasteiger partial charge is 0.312 e. The van der Waals surface area contributed by atoms with E-state index in [0.717, 1.165) is 29.3 Å². The average Bonchev–Trinajstić information content (AvgIpc) is 3.31. The van der Waals surface area contributed by atoms with Crippen LogP contribution < -0.4 is 5.32 Å². The van der Waals surface area contributed by atoms with Crippen LogP contribution in [0.15, 0.2) is 30.5 Å². The number of sulfone groups is 1. The molecule has 1 heterocycles. The van der Waals surface area contributed by atoms with Gasteiger partial charge in [0, 0.05) is 29.7 Å². The first-order chi connectivity index (χ1) is 10.1. The summed E-state index contributed by atoms with van der Waals surface area (Å²) in [5.41, 5.74) is 1.89. The molecule has 0 saturated heterocycles. The molecule has 21 heavy (non-hydrogen) atoms. The van der Waals surface area contributed by atoms with E-state index in [-0.39, 0.29) is 11.0 Å². The van der Waals surface area contributed by atoms with E-state index >= 15 is 0 Å². The molecule has 1 aromatic heterocycles. The van der Waals surface area contributed by atoms with E-state index in [4.69, 9.17) is 11.6 Å². The second kappa shape index (κ2) is 5.91. The van der Waals surface area contributed by atoms with Gasteiger partial charge in [-0.15, -0.1) is 0 Å². The highest BCUT2D eigenvalue weighted by Gasteiger charge is 2.34. The molecule has 6 heteroatoms. The number of benzene rings is 1. The summed E-state index contributed by atoms with van der Waals surface area (Å²) >= 11 is 6.15. The number of nitrogens with zero attached hydrogens (tertiary/aromatic N) is 1. The Labute approximate surface area is 129 Å². The zero-order chi connectivity index (χ0) is 14.9. The van der Waals surface area contributed by atoms with E-state index in [1.165, 1.54) is 0 Å². The van der Waals surface area contributed by atoms with Gasteiger partial charge in [-0.3, -0.25) is 4.98 Å². The summed E-state index contributed by atoms with van der Waals surface area (Å²) in [6, 6.07) is 7.57. The zero-order valence-electron chi connectivity index (χ0n) is 11.5. The Bertz CT molecular complexity index is 757. The summed E-state index contributed by atoms with van der Waals surface area (Å²) in [7, 11) is -2.89. The predicted octanol–water partition coefficient (Wildman–Crippen LogP) is 2.56. The number of halogens is 1. The molecule has 0 amide bonds. The predicted molar refractivity (Wildman–Crippen MR) is 85.3 cm³/mol. The molecule has 112 valence electrons. The molecule has 0 spiro atoms. The van der Waals surface area contributed by atoms with Crippen molar-refractivity contribution < 1.29 is 8.42 Å². The van der Waals surface area contributed by atoms with Crippen molar-refractivity contribution in [2.45, 2.75) is 24.6 Å². The molecule has 1 aliphatic rings. The first kappa shape index (κ1) is 14.8. The Morgan fingerprint density at radius 2 is 2.10 bits per heavy atom. The monoisotopic (exact) mass is 324 g/mol. The van der Waals surface area contributed by atoms with Gasteiger partial charge in [-0.05, 0) is 36.6 Å². The molecule has 0 atom stereocenters. The van der Waals surface area contributed by atoms with Crippen LogP contribution in [0.4, 0.5) is 0 Å². The van der Waals surface area contributed by atoms with Gasteiger partial charge in [0.25, 0.3) is 0 Å². The lowest BCUT2D eigenvalue weighted by molar-refractivity contribution is 0.589. The second-order valence-corrected chi connectivity index (χ2v) is 8.16. The zero-order valence-corrected chi connectivity index (χ0v) is 13.1. The van der Waals surface area contributed by atoms with E-state index < -0.39 is 9.84 Å². The van der Waals surface area contributed by atoms with Gasteiger partial charge in [0.2, 0.25) is 0 Å². The standard InChI is InChI=1S/C15H17ClN2O2S/c16-14-6-3-11(15-13(14)2-1-7-18-15)10-17-8-9-21(19,20)12-4-5-12/h1-3,6-7,12,17H,4-5,8-10H2. The molecule has 1 aliphatic carbocycles. The molecule has 3 rings (SSSR count). The molecule has 1 fully saturated rings. The fourth-order valence-electron chi connectivity index (χ4n) is 2.37. The summed E-state index contributed by atoms with van der Waals surface area (Å²) in [6.45, 7) is 1.06. The fourth-order valence-corrected chi connectivity index (χ4v) is 4.20. The minimum Gasteiger partial charge on any atom is -0.312 e. The van der Waals surface area contributed by atoms with E-state index in [1.807, 2.05) is 24.3 Å². The molecule has 1 aromatic carbocycles. The highest BCUT2D eigenvalue weighted by molar-refractivity contribution is 7.92. The van der Waals surface area contributed by atoms with Crippen LogP contribution in [0, 0.1) is 0 Å². The summed E-state index contributed by atoms with van der Waals surface area (Å²) in [4.78, 5) is 4.37. The minimum absolute atomic E-state index is 0.0858. The highest BCUT2D eigenvalue weighted by atomic mass is 35.5. The third kappa shape index (κ3) is 3.36. The third-order valence-corrected chi connectivity index (χ3v) is 6.30. The van der Waals surface area contributed by atoms with Crippen LogP contribution in [-0.2, 0) is 16.4 Å². The molecular formula is C15H17ClN2O2S. The van der Waals surface area contributed by atoms with Gasteiger partial charge in [0.05, 0.1) is 16.5 Å². The maximum Gasteiger partial charge on any atom is 0.154 e. The van der Waals surface area contributed by atoms with Crippen molar-refractivity contribution >= 4 is 32.3 Å². The van der Waals surface area contributed by atoms with Crippen molar-refractivity contribution in [3.05, 3.63) is 41.0 Å². The van der Waals surface area contributed by atoms with Crippen molar-refractivity contribution in [1.82, 2.24) is 10.3 Å². The molecule has 0 bridgehead atoms. The molecule has 0 aliphatic heterocycles. The molecular weight excluding hydrogens is 308 g/mol. The maximum atomic E-state index is 11.8. The maximum absolute atomic E-state index is 11.8. The smallest absolute Gasteiger partial charge is 0.154 e. The van der Waals surface area contributed by atoms with Crippen LogP contribution >= 0.6 is 11.6 Å². The average molecular weight is 325 g/mol. The first-order valence-corrected chi connectivity index (χ1v) is 9.12. The lowest BCUT2D eigenvalue weighted by Crippen LogP contribution is -2.24. The SMILES string of the molecule is O=S(=O)(CCNCc1ccc(Cl)c2cccnc12)C1CC1. The van der Waals surface area contributed by atoms with Gasteiger partial charge < -0.3 is 5.32 Å². The number of hydrogen-bond acceptors (Lipinski definition) is 4. The summed E-state index contributed by atoms with van der Waals surface area (Å²) in [6.07, 6.45) is 3.39. The van der Waals surface area contributed by atoms with Crippen LogP contribution in [-0.4, -0.2) is 30.9 Å². The van der Waals surface area contributed by atoms with E-state index in [2.05, 4.69) is 10.3 Å². The lowest BCUT2D eigenvalue weighted by Gasteiger charge is -2.09. The van der Waals surface area contributed by atoms with Crippen LogP contribution in [0.1, 0.15) is 18.4 Å². The van der Waals surface area contributed by atoms with Crippen molar-refractivity contribution in [3.8, 4) is 0 Å². The molecule has 1 N–H and O–H groups in total. The molecule has 1 saturated carbocycles. The topological polar surface area (TPSA) is 59.1 Å². The van der Waals surface area contributed by atoms with Gasteiger partial charge in [0.1, 0.15) is 0 Å². The number of hydrogen-bond donors (Lipinski definition) is 1. The Balaban J connectivity index is 1.64. The van der Waals surface area contributed by atoms with Crippen LogP contribution in [0.3, 0.4) is 0 Å². The van der Waals surface area contributed by atoms with Gasteiger partial charge in [-0.2, -0.15) is 0 Å². The Morgan fingerprint density at radius 3 is 2.86 bits per heavy atom. The summed E-state index contributed by atoms with van der Waals surface area (Å²) < 4.78 is 23.6. The van der Waals surface area contributed by atoms with Gasteiger partial charge in [-0.25, -0.2) is 8.42 Å². The van der Waals surface area contributed by atoms with Gasteiger partial charge in [-0.1, -0.05) is 17.7 Å². The van der Waals surface area contributed by atoms with Crippen molar-refractivity contribution in [1.29, 1.82) is 0 Å². The Kier molecular flexibility index (Phi) is 4.15. The van der Waals surface area contributed by atoms with E-state index in [9.17, 15) is 8.42 Å². The lowest BCUT2D eigenvalue weighted by atomic mass is 10.1. The normalized spacial score (nSPS) is 15.5. The van der Waals surface area contributed by atoms with Crippen molar-refractivity contribution in [2.75, 3.05) is 12.3 Å². The minimum atomic E-state index is -2.89. The third-order valence-electron chi connectivity index (χ3n) is 3.71. The van der Waals surface area contributed by atoms with Crippen LogP contribution in [0.25, 0.3) is 10.9 Å². The number of rotatable bonds is 6. The fraction of sp³-hybridized carbons (Fsp3) is 0.400. The highest BCUT2D eigenvalue weighted by Crippen LogP contribution is 2.28. The molecule has 2 aromatic rings. The molecule has 0 radical (unpaired) electrons. The number of fused-ring (bicyclic) bond motifs is 1. The summed E-state index contributed by atoms with van der Waals surface area (Å²) in [5, 5.41) is 4.70. The number of nitrogens with one attached hydrogen (secondary N) is 1. The Morgan fingerprint density at radius 1 is 1.29 bits per heavy atom. The number of aromatic nitrogens is 1. The van der Waals surface area contributed by atoms with Crippen LogP contribution in [0.5, 0.6) is 0 Å². The molecule has 4 nitrogen and oxygen atoms in total. The Hall–Kier alpha value is -1.17. The van der Waals surface area contributed by atoms with Crippen LogP contribution in [0.2, 0.25) is 5.02 Å². The quantitative estimate of drug-likeness (QED) is 0.830. The van der Waals surface area contributed by atoms with E-state index in [0.29, 0.717) is 18.1 Å². The molecule has 0 unspecified atom stereocenters. The van der Waals surface area contributed by atoms with E-state index in [1.54, 1.807) is 6.20 Å². The summed E-state index contributed by atoms with van der Waals surface area (Å²) in [5.74, 6) is 0.205. The van der Waals surface area contributed by atoms with Crippen molar-refractivity contribution in [3.63, 3.8) is 0 Å². The van der Waals surface area contributed by atoms with Gasteiger partial charge in [0.15, 0.2) is 9.84 Å². The van der Waals surface area contributed by atoms with Crippen molar-refractivity contribution in [2.24, 2.45) is 0 Å².